The number of nitrogens with zero attached hydrogens (tertiary/aromatic N) is 3. The van der Waals surface area contributed by atoms with Gasteiger partial charge in [-0.15, -0.1) is 0 Å². The minimum Gasteiger partial charge on any atom is -0.355 e. The molecule has 3 heterocycles. The zero-order valence-electron chi connectivity index (χ0n) is 12.3. The van der Waals surface area contributed by atoms with Gasteiger partial charge in [0.25, 0.3) is 0 Å². The Morgan fingerprint density at radius 2 is 2.14 bits per heavy atom. The van der Waals surface area contributed by atoms with E-state index in [1.165, 1.54) is 5.56 Å². The zero-order valence-corrected chi connectivity index (χ0v) is 12.3. The van der Waals surface area contributed by atoms with Crippen LogP contribution in [0.5, 0.6) is 0 Å². The highest BCUT2D eigenvalue weighted by Crippen LogP contribution is 2.37. The monoisotopic (exact) mass is 290 g/mol. The summed E-state index contributed by atoms with van der Waals surface area (Å²) in [7, 11) is 0. The Labute approximate surface area is 124 Å². The first-order chi connectivity index (χ1) is 10.3. The number of aromatic nitrogens is 2. The van der Waals surface area contributed by atoms with E-state index in [4.69, 9.17) is 15.2 Å². The van der Waals surface area contributed by atoms with Crippen molar-refractivity contribution in [2.75, 3.05) is 31.2 Å². The van der Waals surface area contributed by atoms with Gasteiger partial charge in [-0.1, -0.05) is 0 Å². The van der Waals surface area contributed by atoms with Crippen LogP contribution in [0, 0.1) is 0 Å². The summed E-state index contributed by atoms with van der Waals surface area (Å²) in [5.74, 6) is 0.639. The molecule has 1 spiro atoms. The Morgan fingerprint density at radius 1 is 1.29 bits per heavy atom. The van der Waals surface area contributed by atoms with Crippen molar-refractivity contribution in [3.8, 4) is 0 Å². The lowest BCUT2D eigenvalue weighted by atomic mass is 9.90. The van der Waals surface area contributed by atoms with E-state index in [9.17, 15) is 0 Å². The molecule has 2 fully saturated rings. The van der Waals surface area contributed by atoms with Crippen molar-refractivity contribution in [3.63, 3.8) is 0 Å². The highest BCUT2D eigenvalue weighted by Gasteiger charge is 2.41. The van der Waals surface area contributed by atoms with Gasteiger partial charge >= 0.3 is 0 Å². The molecule has 21 heavy (non-hydrogen) atoms. The van der Waals surface area contributed by atoms with E-state index in [1.807, 2.05) is 0 Å². The van der Waals surface area contributed by atoms with Crippen molar-refractivity contribution in [2.45, 2.75) is 43.9 Å². The number of fused-ring (bicyclic) bond motifs is 1. The molecule has 1 aliphatic carbocycles. The van der Waals surface area contributed by atoms with Crippen molar-refractivity contribution in [2.24, 2.45) is 5.73 Å². The molecular weight excluding hydrogens is 268 g/mol. The van der Waals surface area contributed by atoms with Crippen LogP contribution in [0.4, 0.5) is 5.82 Å². The van der Waals surface area contributed by atoms with E-state index in [2.05, 4.69) is 14.9 Å². The minimum atomic E-state index is -0.434. The number of hydrogen-bond donors (Lipinski definition) is 1. The van der Waals surface area contributed by atoms with Crippen LogP contribution in [0.3, 0.4) is 0 Å². The van der Waals surface area contributed by atoms with Crippen LogP contribution in [-0.4, -0.2) is 48.1 Å². The molecular formula is C15H22N4O2. The maximum Gasteiger partial charge on any atom is 0.174 e. The zero-order chi connectivity index (χ0) is 14.3. The first-order valence-corrected chi connectivity index (χ1v) is 7.87. The molecule has 2 saturated heterocycles. The number of rotatable bonds is 1. The predicted molar refractivity (Wildman–Crippen MR) is 78.1 cm³/mol. The molecule has 0 aromatic carbocycles. The van der Waals surface area contributed by atoms with Crippen molar-refractivity contribution in [1.82, 2.24) is 9.97 Å². The number of hydrogen-bond acceptors (Lipinski definition) is 6. The quantitative estimate of drug-likeness (QED) is 0.818. The number of ether oxygens (including phenoxy) is 2. The van der Waals surface area contributed by atoms with E-state index < -0.39 is 5.79 Å². The molecule has 0 bridgehead atoms. The van der Waals surface area contributed by atoms with Gasteiger partial charge in [-0.25, -0.2) is 9.97 Å². The van der Waals surface area contributed by atoms with Crippen LogP contribution in [0.15, 0.2) is 6.33 Å². The van der Waals surface area contributed by atoms with Gasteiger partial charge in [0.2, 0.25) is 0 Å². The van der Waals surface area contributed by atoms with Gasteiger partial charge in [0.05, 0.1) is 18.9 Å². The molecule has 114 valence electrons. The van der Waals surface area contributed by atoms with Crippen molar-refractivity contribution in [1.29, 1.82) is 0 Å². The summed E-state index contributed by atoms with van der Waals surface area (Å²) in [4.78, 5) is 11.3. The first kappa shape index (κ1) is 13.4. The lowest BCUT2D eigenvalue weighted by molar-refractivity contribution is -0.164. The summed E-state index contributed by atoms with van der Waals surface area (Å²) >= 11 is 0. The maximum atomic E-state index is 6.11. The highest BCUT2D eigenvalue weighted by atomic mass is 16.7. The Morgan fingerprint density at radius 3 is 2.95 bits per heavy atom. The Balaban J connectivity index is 1.63. The van der Waals surface area contributed by atoms with Gasteiger partial charge < -0.3 is 20.1 Å². The summed E-state index contributed by atoms with van der Waals surface area (Å²) in [6.45, 7) is 3.30. The normalized spacial score (nSPS) is 27.9. The van der Waals surface area contributed by atoms with E-state index in [-0.39, 0.29) is 6.04 Å². The van der Waals surface area contributed by atoms with E-state index in [0.717, 1.165) is 56.7 Å². The Kier molecular flexibility index (Phi) is 3.32. The number of anilines is 1. The van der Waals surface area contributed by atoms with Crippen LogP contribution in [-0.2, 0) is 22.3 Å². The third-order valence-corrected chi connectivity index (χ3v) is 4.78. The molecule has 6 nitrogen and oxygen atoms in total. The molecule has 0 unspecified atom stereocenters. The second-order valence-electron chi connectivity index (χ2n) is 6.26. The molecule has 2 aliphatic heterocycles. The molecule has 0 amide bonds. The molecule has 0 saturated carbocycles. The topological polar surface area (TPSA) is 73.5 Å². The lowest BCUT2D eigenvalue weighted by Gasteiger charge is -2.36. The lowest BCUT2D eigenvalue weighted by Crippen LogP contribution is -2.44. The molecule has 0 radical (unpaired) electrons. The molecule has 4 rings (SSSR count). The van der Waals surface area contributed by atoms with Crippen LogP contribution in [0.25, 0.3) is 0 Å². The smallest absolute Gasteiger partial charge is 0.174 e. The van der Waals surface area contributed by atoms with E-state index >= 15 is 0 Å². The second-order valence-corrected chi connectivity index (χ2v) is 6.26. The summed E-state index contributed by atoms with van der Waals surface area (Å²) in [5.41, 5.74) is 8.44. The fraction of sp³-hybridized carbons (Fsp3) is 0.733. The summed E-state index contributed by atoms with van der Waals surface area (Å²) in [6, 6.07) is 0.251. The van der Waals surface area contributed by atoms with Crippen LogP contribution >= 0.6 is 0 Å². The molecule has 1 atom stereocenters. The number of nitrogens with two attached hydrogens (primary N) is 1. The van der Waals surface area contributed by atoms with Gasteiger partial charge in [-0.2, -0.15) is 0 Å². The molecule has 1 aromatic rings. The highest BCUT2D eigenvalue weighted by molar-refractivity contribution is 5.50. The molecule has 1 aromatic heterocycles. The van der Waals surface area contributed by atoms with Gasteiger partial charge in [0.1, 0.15) is 12.1 Å². The van der Waals surface area contributed by atoms with Gasteiger partial charge in [-0.3, -0.25) is 0 Å². The van der Waals surface area contributed by atoms with E-state index in [1.54, 1.807) is 6.33 Å². The number of piperidine rings is 1. The summed E-state index contributed by atoms with van der Waals surface area (Å²) < 4.78 is 11.6. The standard InChI is InChI=1S/C15H22N4O2/c16-11-2-1-5-19(9-11)14-12-3-4-15(20-6-7-21-15)8-13(12)17-10-18-14/h10-11H,1-9,16H2/t11-/m1/s1. The minimum absolute atomic E-state index is 0.251. The van der Waals surface area contributed by atoms with E-state index in [0.29, 0.717) is 13.2 Å². The maximum absolute atomic E-state index is 6.11. The second kappa shape index (κ2) is 5.19. The SMILES string of the molecule is N[C@@H]1CCCN(c2ncnc3c2CCC2(C3)OCCO2)C1. The fourth-order valence-electron chi connectivity index (χ4n) is 3.72. The third-order valence-electron chi connectivity index (χ3n) is 4.78. The van der Waals surface area contributed by atoms with Crippen LogP contribution in [0.2, 0.25) is 0 Å². The predicted octanol–water partition coefficient (Wildman–Crippen LogP) is 0.636. The molecule has 3 aliphatic rings. The van der Waals surface area contributed by atoms with Gasteiger partial charge in [-0.05, 0) is 19.3 Å². The van der Waals surface area contributed by atoms with Gasteiger partial charge in [0, 0.05) is 37.5 Å². The van der Waals surface area contributed by atoms with Crippen molar-refractivity contribution in [3.05, 3.63) is 17.6 Å². The average molecular weight is 290 g/mol. The first-order valence-electron chi connectivity index (χ1n) is 7.87. The largest absolute Gasteiger partial charge is 0.355 e. The Hall–Kier alpha value is -1.24. The summed E-state index contributed by atoms with van der Waals surface area (Å²) in [6.07, 6.45) is 6.45. The summed E-state index contributed by atoms with van der Waals surface area (Å²) in [5, 5.41) is 0. The van der Waals surface area contributed by atoms with Crippen molar-refractivity contribution < 1.29 is 9.47 Å². The molecule has 6 heteroatoms. The third kappa shape index (κ3) is 2.41. The van der Waals surface area contributed by atoms with Crippen LogP contribution < -0.4 is 10.6 Å². The van der Waals surface area contributed by atoms with Gasteiger partial charge in [0.15, 0.2) is 5.79 Å². The van der Waals surface area contributed by atoms with Crippen LogP contribution in [0.1, 0.15) is 30.5 Å². The molecule has 2 N–H and O–H groups in total. The van der Waals surface area contributed by atoms with Crippen molar-refractivity contribution >= 4 is 5.82 Å². The average Bonchev–Trinajstić information content (AvgIpc) is 2.94. The fourth-order valence-corrected chi connectivity index (χ4v) is 3.72. The Bertz CT molecular complexity index is 530.